The lowest BCUT2D eigenvalue weighted by Crippen LogP contribution is -2.39. The molecule has 2 aromatic rings. The summed E-state index contributed by atoms with van der Waals surface area (Å²) in [5, 5.41) is 2.97. The number of nitrogens with one attached hydrogen (secondary N) is 1. The monoisotopic (exact) mass is 418 g/mol. The first-order valence-electron chi connectivity index (χ1n) is 9.43. The van der Waals surface area contributed by atoms with Gasteiger partial charge in [0.2, 0.25) is 0 Å². The molecule has 0 aromatic heterocycles. The molecule has 1 fully saturated rings. The minimum Gasteiger partial charge on any atom is -0.492 e. The van der Waals surface area contributed by atoms with Gasteiger partial charge in [-0.3, -0.25) is 9.59 Å². The van der Waals surface area contributed by atoms with E-state index >= 15 is 0 Å². The SMILES string of the molecule is O=C1COc2ccc(C(=O)N3CCC(COc4ccc(F)cc4Cl)CC3)cc2N1. The molecule has 0 aliphatic carbocycles. The minimum absolute atomic E-state index is 0.0149. The molecule has 4 rings (SSSR count). The van der Waals surface area contributed by atoms with Crippen LogP contribution in [-0.2, 0) is 4.79 Å². The van der Waals surface area contributed by atoms with Gasteiger partial charge in [-0.25, -0.2) is 4.39 Å². The van der Waals surface area contributed by atoms with Gasteiger partial charge in [0.25, 0.3) is 11.8 Å². The Labute approximate surface area is 172 Å². The van der Waals surface area contributed by atoms with Crippen LogP contribution in [0.25, 0.3) is 0 Å². The molecular formula is C21H20ClFN2O4. The number of likely N-dealkylation sites (tertiary alicyclic amines) is 1. The summed E-state index contributed by atoms with van der Waals surface area (Å²) in [6.45, 7) is 1.68. The number of nitrogens with zero attached hydrogens (tertiary/aromatic N) is 1. The summed E-state index contributed by atoms with van der Waals surface area (Å²) in [5.74, 6) is 0.609. The lowest BCUT2D eigenvalue weighted by atomic mass is 9.97. The van der Waals surface area contributed by atoms with Crippen molar-refractivity contribution in [3.8, 4) is 11.5 Å². The molecule has 0 spiro atoms. The van der Waals surface area contributed by atoms with Crippen molar-refractivity contribution in [2.75, 3.05) is 31.6 Å². The van der Waals surface area contributed by atoms with Gasteiger partial charge in [0.1, 0.15) is 17.3 Å². The summed E-state index contributed by atoms with van der Waals surface area (Å²) < 4.78 is 24.2. The molecule has 2 amide bonds. The molecule has 0 radical (unpaired) electrons. The van der Waals surface area contributed by atoms with Crippen LogP contribution in [-0.4, -0.2) is 43.0 Å². The van der Waals surface area contributed by atoms with Crippen LogP contribution < -0.4 is 14.8 Å². The van der Waals surface area contributed by atoms with E-state index in [0.29, 0.717) is 42.4 Å². The van der Waals surface area contributed by atoms with Crippen LogP contribution in [0.1, 0.15) is 23.2 Å². The zero-order valence-electron chi connectivity index (χ0n) is 15.6. The standard InChI is InChI=1S/C21H20ClFN2O4/c22-16-10-15(23)2-4-18(16)28-11-13-5-7-25(8-6-13)21(27)14-1-3-19-17(9-14)24-20(26)12-29-19/h1-4,9-10,13H,5-8,11-12H2,(H,24,26). The van der Waals surface area contributed by atoms with Crippen LogP contribution in [0.2, 0.25) is 5.02 Å². The fourth-order valence-electron chi connectivity index (χ4n) is 3.50. The number of halogens is 2. The van der Waals surface area contributed by atoms with Crippen molar-refractivity contribution < 1.29 is 23.5 Å². The third kappa shape index (κ3) is 4.45. The number of anilines is 1. The van der Waals surface area contributed by atoms with Crippen molar-refractivity contribution in [2.24, 2.45) is 5.92 Å². The van der Waals surface area contributed by atoms with Gasteiger partial charge in [0, 0.05) is 18.7 Å². The van der Waals surface area contributed by atoms with Crippen molar-refractivity contribution >= 4 is 29.1 Å². The molecule has 0 saturated carbocycles. The average Bonchev–Trinajstić information content (AvgIpc) is 2.72. The Morgan fingerprint density at radius 3 is 2.79 bits per heavy atom. The van der Waals surface area contributed by atoms with Gasteiger partial charge in [0.05, 0.1) is 17.3 Å². The Bertz CT molecular complexity index is 944. The molecule has 0 unspecified atom stereocenters. The van der Waals surface area contributed by atoms with Gasteiger partial charge in [-0.15, -0.1) is 0 Å². The number of ether oxygens (including phenoxy) is 2. The van der Waals surface area contributed by atoms with E-state index in [1.165, 1.54) is 18.2 Å². The fourth-order valence-corrected chi connectivity index (χ4v) is 3.72. The Morgan fingerprint density at radius 2 is 2.03 bits per heavy atom. The number of rotatable bonds is 4. The van der Waals surface area contributed by atoms with Crippen molar-refractivity contribution in [3.63, 3.8) is 0 Å². The summed E-state index contributed by atoms with van der Waals surface area (Å²) in [7, 11) is 0. The number of carbonyl (C=O) groups is 2. The van der Waals surface area contributed by atoms with E-state index in [1.54, 1.807) is 23.1 Å². The first-order valence-corrected chi connectivity index (χ1v) is 9.81. The zero-order valence-corrected chi connectivity index (χ0v) is 16.4. The molecule has 152 valence electrons. The van der Waals surface area contributed by atoms with Crippen molar-refractivity contribution in [3.05, 3.63) is 52.8 Å². The Hall–Kier alpha value is -2.80. The first kappa shape index (κ1) is 19.5. The summed E-state index contributed by atoms with van der Waals surface area (Å²) in [4.78, 5) is 26.1. The molecule has 2 aliphatic heterocycles. The number of fused-ring (bicyclic) bond motifs is 1. The fraction of sp³-hybridized carbons (Fsp3) is 0.333. The second-order valence-corrected chi connectivity index (χ2v) is 7.58. The van der Waals surface area contributed by atoms with E-state index in [4.69, 9.17) is 21.1 Å². The normalized spacial score (nSPS) is 16.6. The number of piperidine rings is 1. The molecule has 6 nitrogen and oxygen atoms in total. The molecule has 0 atom stereocenters. The van der Waals surface area contributed by atoms with Gasteiger partial charge in [-0.2, -0.15) is 0 Å². The molecule has 8 heteroatoms. The largest absolute Gasteiger partial charge is 0.492 e. The van der Waals surface area contributed by atoms with Crippen LogP contribution in [0.15, 0.2) is 36.4 Å². The molecule has 2 heterocycles. The van der Waals surface area contributed by atoms with Crippen LogP contribution in [0.4, 0.5) is 10.1 Å². The maximum atomic E-state index is 13.1. The third-order valence-corrected chi connectivity index (χ3v) is 5.42. The van der Waals surface area contributed by atoms with Crippen LogP contribution >= 0.6 is 11.6 Å². The Morgan fingerprint density at radius 1 is 1.24 bits per heavy atom. The van der Waals surface area contributed by atoms with Crippen LogP contribution in [0, 0.1) is 11.7 Å². The third-order valence-electron chi connectivity index (χ3n) is 5.13. The minimum atomic E-state index is -0.400. The highest BCUT2D eigenvalue weighted by atomic mass is 35.5. The van der Waals surface area contributed by atoms with Crippen LogP contribution in [0.3, 0.4) is 0 Å². The second kappa shape index (κ2) is 8.29. The predicted octanol–water partition coefficient (Wildman–Crippen LogP) is 3.74. The number of hydrogen-bond acceptors (Lipinski definition) is 4. The van der Waals surface area contributed by atoms with Crippen LogP contribution in [0.5, 0.6) is 11.5 Å². The average molecular weight is 419 g/mol. The summed E-state index contributed by atoms with van der Waals surface area (Å²) in [6, 6.07) is 9.13. The molecule has 1 N–H and O–H groups in total. The molecule has 0 bridgehead atoms. The highest BCUT2D eigenvalue weighted by Gasteiger charge is 2.25. The molecule has 2 aliphatic rings. The van der Waals surface area contributed by atoms with E-state index < -0.39 is 5.82 Å². The predicted molar refractivity (Wildman–Crippen MR) is 106 cm³/mol. The Balaban J connectivity index is 1.32. The number of carbonyl (C=O) groups excluding carboxylic acids is 2. The van der Waals surface area contributed by atoms with Gasteiger partial charge in [-0.05, 0) is 55.2 Å². The maximum absolute atomic E-state index is 13.1. The number of benzene rings is 2. The van der Waals surface area contributed by atoms with Crippen molar-refractivity contribution in [2.45, 2.75) is 12.8 Å². The quantitative estimate of drug-likeness (QED) is 0.821. The summed E-state index contributed by atoms with van der Waals surface area (Å²) in [5.41, 5.74) is 1.04. The molecular weight excluding hydrogens is 399 g/mol. The van der Waals surface area contributed by atoms with Gasteiger partial charge >= 0.3 is 0 Å². The lowest BCUT2D eigenvalue weighted by molar-refractivity contribution is -0.118. The second-order valence-electron chi connectivity index (χ2n) is 7.17. The molecule has 29 heavy (non-hydrogen) atoms. The highest BCUT2D eigenvalue weighted by molar-refractivity contribution is 6.32. The van der Waals surface area contributed by atoms with Crippen molar-refractivity contribution in [1.82, 2.24) is 4.90 Å². The highest BCUT2D eigenvalue weighted by Crippen LogP contribution is 2.30. The Kier molecular flexibility index (Phi) is 5.58. The molecule has 2 aromatic carbocycles. The van der Waals surface area contributed by atoms with E-state index in [2.05, 4.69) is 5.32 Å². The summed E-state index contributed by atoms with van der Waals surface area (Å²) in [6.07, 6.45) is 1.60. The van der Waals surface area contributed by atoms with Gasteiger partial charge < -0.3 is 19.7 Å². The maximum Gasteiger partial charge on any atom is 0.262 e. The number of hydrogen-bond donors (Lipinski definition) is 1. The zero-order chi connectivity index (χ0) is 20.4. The molecule has 1 saturated heterocycles. The van der Waals surface area contributed by atoms with Crippen molar-refractivity contribution in [1.29, 1.82) is 0 Å². The van der Waals surface area contributed by atoms with E-state index in [0.717, 1.165) is 12.8 Å². The van der Waals surface area contributed by atoms with E-state index in [9.17, 15) is 14.0 Å². The number of amides is 2. The van der Waals surface area contributed by atoms with E-state index in [1.807, 2.05) is 0 Å². The first-order chi connectivity index (χ1) is 14.0. The lowest BCUT2D eigenvalue weighted by Gasteiger charge is -2.32. The van der Waals surface area contributed by atoms with E-state index in [-0.39, 0.29) is 29.4 Å². The summed E-state index contributed by atoms with van der Waals surface area (Å²) >= 11 is 5.99. The van der Waals surface area contributed by atoms with Gasteiger partial charge in [0.15, 0.2) is 6.61 Å². The van der Waals surface area contributed by atoms with Gasteiger partial charge in [-0.1, -0.05) is 11.6 Å². The topological polar surface area (TPSA) is 67.9 Å². The smallest absolute Gasteiger partial charge is 0.262 e.